The van der Waals surface area contributed by atoms with Crippen molar-refractivity contribution in [1.29, 1.82) is 0 Å². The Bertz CT molecular complexity index is 711. The zero-order valence-electron chi connectivity index (χ0n) is 13.7. The molecule has 1 aliphatic rings. The molecule has 0 unspecified atom stereocenters. The Kier molecular flexibility index (Phi) is 4.32. The fourth-order valence-corrected chi connectivity index (χ4v) is 2.76. The van der Waals surface area contributed by atoms with Gasteiger partial charge in [0.1, 0.15) is 5.75 Å². The van der Waals surface area contributed by atoms with Crippen molar-refractivity contribution in [3.05, 3.63) is 41.0 Å². The number of ether oxygens (including phenoxy) is 1. The van der Waals surface area contributed by atoms with E-state index in [9.17, 15) is 4.79 Å². The highest BCUT2D eigenvalue weighted by molar-refractivity contribution is 5.78. The van der Waals surface area contributed by atoms with Crippen molar-refractivity contribution >= 4 is 5.91 Å². The first-order chi connectivity index (χ1) is 11.0. The van der Waals surface area contributed by atoms with Gasteiger partial charge < -0.3 is 14.2 Å². The summed E-state index contributed by atoms with van der Waals surface area (Å²) in [6.45, 7) is 7.13. The Balaban J connectivity index is 1.56. The molecule has 6 nitrogen and oxygen atoms in total. The molecule has 0 bridgehead atoms. The summed E-state index contributed by atoms with van der Waals surface area (Å²) in [6, 6.07) is 5.98. The Morgan fingerprint density at radius 1 is 1.39 bits per heavy atom. The van der Waals surface area contributed by atoms with Gasteiger partial charge in [-0.25, -0.2) is 0 Å². The lowest BCUT2D eigenvalue weighted by Crippen LogP contribution is -2.33. The second-order valence-electron chi connectivity index (χ2n) is 6.06. The maximum absolute atomic E-state index is 12.3. The van der Waals surface area contributed by atoms with Gasteiger partial charge in [-0.05, 0) is 44.4 Å². The maximum atomic E-state index is 12.3. The van der Waals surface area contributed by atoms with E-state index >= 15 is 0 Å². The number of aryl methyl sites for hydroxylation is 3. The third kappa shape index (κ3) is 3.52. The van der Waals surface area contributed by atoms with Crippen LogP contribution in [-0.4, -0.2) is 40.6 Å². The van der Waals surface area contributed by atoms with E-state index in [0.29, 0.717) is 24.8 Å². The minimum Gasteiger partial charge on any atom is -0.483 e. The summed E-state index contributed by atoms with van der Waals surface area (Å²) < 4.78 is 10.9. The average Bonchev–Trinajstić information content (AvgIpc) is 3.16. The van der Waals surface area contributed by atoms with Crippen LogP contribution in [0.1, 0.15) is 35.2 Å². The first-order valence-corrected chi connectivity index (χ1v) is 7.81. The predicted molar refractivity (Wildman–Crippen MR) is 84.4 cm³/mol. The van der Waals surface area contributed by atoms with E-state index < -0.39 is 0 Å². The number of benzene rings is 1. The Labute approximate surface area is 135 Å². The van der Waals surface area contributed by atoms with Gasteiger partial charge in [0.25, 0.3) is 5.91 Å². The minimum atomic E-state index is -0.00959. The normalized spacial score (nSPS) is 17.5. The molecule has 23 heavy (non-hydrogen) atoms. The largest absolute Gasteiger partial charge is 0.483 e. The molecule has 6 heteroatoms. The first kappa shape index (κ1) is 15.5. The summed E-state index contributed by atoms with van der Waals surface area (Å²) >= 11 is 0. The summed E-state index contributed by atoms with van der Waals surface area (Å²) in [5.74, 6) is 2.13. The summed E-state index contributed by atoms with van der Waals surface area (Å²) in [7, 11) is 0. The molecule has 0 radical (unpaired) electrons. The molecule has 0 spiro atoms. The van der Waals surface area contributed by atoms with Crippen LogP contribution < -0.4 is 4.74 Å². The number of hydrogen-bond acceptors (Lipinski definition) is 5. The van der Waals surface area contributed by atoms with E-state index in [2.05, 4.69) is 10.1 Å². The van der Waals surface area contributed by atoms with E-state index in [1.54, 1.807) is 11.8 Å². The van der Waals surface area contributed by atoms with E-state index in [1.165, 1.54) is 0 Å². The molecule has 0 N–H and O–H groups in total. The van der Waals surface area contributed by atoms with Crippen LogP contribution >= 0.6 is 0 Å². The molecule has 1 aliphatic heterocycles. The highest BCUT2D eigenvalue weighted by Crippen LogP contribution is 2.26. The molecule has 1 aromatic carbocycles. The van der Waals surface area contributed by atoms with Crippen molar-refractivity contribution < 1.29 is 14.1 Å². The van der Waals surface area contributed by atoms with Gasteiger partial charge in [0, 0.05) is 13.1 Å². The molecule has 2 heterocycles. The molecule has 1 fully saturated rings. The fraction of sp³-hybridized carbons (Fsp3) is 0.471. The monoisotopic (exact) mass is 315 g/mol. The number of carbonyl (C=O) groups is 1. The molecule has 122 valence electrons. The van der Waals surface area contributed by atoms with Gasteiger partial charge >= 0.3 is 0 Å². The summed E-state index contributed by atoms with van der Waals surface area (Å²) in [5.41, 5.74) is 2.15. The van der Waals surface area contributed by atoms with E-state index in [4.69, 9.17) is 9.26 Å². The van der Waals surface area contributed by atoms with Gasteiger partial charge in [0.2, 0.25) is 5.89 Å². The van der Waals surface area contributed by atoms with E-state index in [-0.39, 0.29) is 18.4 Å². The van der Waals surface area contributed by atoms with Crippen molar-refractivity contribution in [2.45, 2.75) is 33.1 Å². The van der Waals surface area contributed by atoms with Crippen molar-refractivity contribution in [3.63, 3.8) is 0 Å². The van der Waals surface area contributed by atoms with Gasteiger partial charge in [-0.3, -0.25) is 4.79 Å². The highest BCUT2D eigenvalue weighted by atomic mass is 16.5. The summed E-state index contributed by atoms with van der Waals surface area (Å²) in [6.07, 6.45) is 0.844. The van der Waals surface area contributed by atoms with Crippen LogP contribution in [0.15, 0.2) is 22.7 Å². The van der Waals surface area contributed by atoms with Crippen LogP contribution in [-0.2, 0) is 4.79 Å². The zero-order chi connectivity index (χ0) is 16.4. The molecule has 1 amide bonds. The third-order valence-corrected chi connectivity index (χ3v) is 4.13. The van der Waals surface area contributed by atoms with Crippen molar-refractivity contribution in [2.75, 3.05) is 19.7 Å². The third-order valence-electron chi connectivity index (χ3n) is 4.13. The van der Waals surface area contributed by atoms with Crippen LogP contribution in [0.5, 0.6) is 5.75 Å². The predicted octanol–water partition coefficient (Wildman–Crippen LogP) is 2.39. The average molecular weight is 315 g/mol. The van der Waals surface area contributed by atoms with Crippen molar-refractivity contribution in [3.8, 4) is 5.75 Å². The number of aromatic nitrogens is 2. The fourth-order valence-electron chi connectivity index (χ4n) is 2.76. The van der Waals surface area contributed by atoms with Crippen LogP contribution in [0.3, 0.4) is 0 Å². The number of carbonyl (C=O) groups excluding carboxylic acids is 1. The standard InChI is InChI=1S/C17H21N3O3/c1-11-4-5-12(2)15(8-11)22-10-16(21)20-7-6-14(9-20)17-18-13(3)19-23-17/h4-5,8,14H,6-7,9-10H2,1-3H3/t14-/m0/s1. The second kappa shape index (κ2) is 6.40. The number of nitrogens with zero attached hydrogens (tertiary/aromatic N) is 3. The van der Waals surface area contributed by atoms with Crippen molar-refractivity contribution in [2.24, 2.45) is 0 Å². The number of rotatable bonds is 4. The smallest absolute Gasteiger partial charge is 0.260 e. The van der Waals surface area contributed by atoms with Crippen molar-refractivity contribution in [1.82, 2.24) is 15.0 Å². The SMILES string of the molecule is Cc1ccc(C)c(OCC(=O)N2CC[C@H](c3nc(C)no3)C2)c1. The molecule has 2 aromatic rings. The molecule has 0 saturated carbocycles. The lowest BCUT2D eigenvalue weighted by Gasteiger charge is -2.17. The number of hydrogen-bond donors (Lipinski definition) is 0. The van der Waals surface area contributed by atoms with Gasteiger partial charge in [-0.1, -0.05) is 17.3 Å². The van der Waals surface area contributed by atoms with Gasteiger partial charge in [0.05, 0.1) is 5.92 Å². The summed E-state index contributed by atoms with van der Waals surface area (Å²) in [5, 5.41) is 3.81. The maximum Gasteiger partial charge on any atom is 0.260 e. The lowest BCUT2D eigenvalue weighted by molar-refractivity contribution is -0.132. The molecule has 1 saturated heterocycles. The minimum absolute atomic E-state index is 0.00959. The van der Waals surface area contributed by atoms with Crippen LogP contribution in [0.4, 0.5) is 0 Å². The van der Waals surface area contributed by atoms with Crippen LogP contribution in [0.2, 0.25) is 0 Å². The Morgan fingerprint density at radius 3 is 2.96 bits per heavy atom. The molecular formula is C17H21N3O3. The lowest BCUT2D eigenvalue weighted by atomic mass is 10.1. The molecular weight excluding hydrogens is 294 g/mol. The van der Waals surface area contributed by atoms with Gasteiger partial charge in [0.15, 0.2) is 12.4 Å². The molecule has 1 aromatic heterocycles. The van der Waals surface area contributed by atoms with Gasteiger partial charge in [-0.2, -0.15) is 4.98 Å². The Morgan fingerprint density at radius 2 is 2.22 bits per heavy atom. The number of amides is 1. The topological polar surface area (TPSA) is 68.5 Å². The molecule has 3 rings (SSSR count). The summed E-state index contributed by atoms with van der Waals surface area (Å²) in [4.78, 5) is 18.4. The first-order valence-electron chi connectivity index (χ1n) is 7.81. The Hall–Kier alpha value is -2.37. The number of likely N-dealkylation sites (tertiary alicyclic amines) is 1. The second-order valence-corrected chi connectivity index (χ2v) is 6.06. The molecule has 1 atom stereocenters. The van der Waals surface area contributed by atoms with Crippen LogP contribution in [0, 0.1) is 20.8 Å². The van der Waals surface area contributed by atoms with E-state index in [0.717, 1.165) is 23.3 Å². The molecule has 0 aliphatic carbocycles. The zero-order valence-corrected chi connectivity index (χ0v) is 13.7. The van der Waals surface area contributed by atoms with E-state index in [1.807, 2.05) is 32.0 Å². The highest BCUT2D eigenvalue weighted by Gasteiger charge is 2.31. The van der Waals surface area contributed by atoms with Gasteiger partial charge in [-0.15, -0.1) is 0 Å². The van der Waals surface area contributed by atoms with Crippen LogP contribution in [0.25, 0.3) is 0 Å². The quantitative estimate of drug-likeness (QED) is 0.866.